The molecule has 0 unspecified atom stereocenters. The number of pyridine rings is 1. The molecule has 0 N–H and O–H groups in total. The number of rotatable bonds is 3. The smallest absolute Gasteiger partial charge is 0.111 e. The minimum absolute atomic E-state index is 0.704. The van der Waals surface area contributed by atoms with E-state index in [0.29, 0.717) is 5.56 Å². The Bertz CT molecular complexity index is 874. The molecule has 0 saturated heterocycles. The van der Waals surface area contributed by atoms with Gasteiger partial charge in [0.15, 0.2) is 0 Å². The summed E-state index contributed by atoms with van der Waals surface area (Å²) in [6, 6.07) is 18.0. The van der Waals surface area contributed by atoms with Gasteiger partial charge in [0.05, 0.1) is 29.6 Å². The van der Waals surface area contributed by atoms with Crippen LogP contribution in [0.15, 0.2) is 54.7 Å². The Balaban J connectivity index is 1.49. The first-order valence-electron chi connectivity index (χ1n) is 8.01. The maximum atomic E-state index is 8.88. The molecule has 0 saturated carbocycles. The van der Waals surface area contributed by atoms with Gasteiger partial charge >= 0.3 is 0 Å². The molecule has 118 valence electrons. The van der Waals surface area contributed by atoms with E-state index in [1.165, 1.54) is 11.3 Å². The molecule has 1 aromatic carbocycles. The lowest BCUT2D eigenvalue weighted by atomic mass is 10.1. The largest absolute Gasteiger partial charge is 0.291 e. The van der Waals surface area contributed by atoms with Crippen LogP contribution in [0.1, 0.15) is 16.8 Å². The highest BCUT2D eigenvalue weighted by Crippen LogP contribution is 2.21. The highest BCUT2D eigenvalue weighted by atomic mass is 15.3. The van der Waals surface area contributed by atoms with Crippen LogP contribution in [0.3, 0.4) is 0 Å². The fraction of sp³-hybridized carbons (Fsp3) is 0.211. The normalized spacial score (nSPS) is 14.1. The number of nitrogens with zero attached hydrogens (tertiary/aromatic N) is 5. The van der Waals surface area contributed by atoms with E-state index in [0.717, 1.165) is 37.6 Å². The highest BCUT2D eigenvalue weighted by Gasteiger charge is 2.19. The first-order chi connectivity index (χ1) is 11.8. The molecule has 0 radical (unpaired) electrons. The van der Waals surface area contributed by atoms with E-state index in [-0.39, 0.29) is 0 Å². The van der Waals surface area contributed by atoms with Crippen LogP contribution in [0.2, 0.25) is 0 Å². The Hall–Kier alpha value is -2.97. The molecule has 2 aromatic heterocycles. The zero-order chi connectivity index (χ0) is 16.4. The Morgan fingerprint density at radius 2 is 1.92 bits per heavy atom. The molecule has 3 heterocycles. The van der Waals surface area contributed by atoms with Gasteiger partial charge in [-0.25, -0.2) is 0 Å². The van der Waals surface area contributed by atoms with Crippen molar-refractivity contribution < 1.29 is 0 Å². The summed E-state index contributed by atoms with van der Waals surface area (Å²) in [6.45, 7) is 3.62. The van der Waals surface area contributed by atoms with Gasteiger partial charge in [0.25, 0.3) is 0 Å². The van der Waals surface area contributed by atoms with E-state index in [4.69, 9.17) is 5.26 Å². The number of hydrogen-bond acceptors (Lipinski definition) is 4. The van der Waals surface area contributed by atoms with Gasteiger partial charge in [0.1, 0.15) is 5.69 Å². The topological polar surface area (TPSA) is 57.7 Å². The SMILES string of the molecule is N#Cc1ccc(CN2CCn3nc(-c4ccccn4)cc3C2)cc1. The van der Waals surface area contributed by atoms with Gasteiger partial charge in [0, 0.05) is 25.8 Å². The van der Waals surface area contributed by atoms with E-state index >= 15 is 0 Å². The minimum Gasteiger partial charge on any atom is -0.291 e. The van der Waals surface area contributed by atoms with Crippen LogP contribution in [0.25, 0.3) is 11.4 Å². The molecule has 5 heteroatoms. The second kappa shape index (κ2) is 6.26. The first kappa shape index (κ1) is 14.6. The molecule has 0 amide bonds. The molecule has 0 spiro atoms. The van der Waals surface area contributed by atoms with Crippen molar-refractivity contribution in [2.24, 2.45) is 0 Å². The second-order valence-corrected chi connectivity index (χ2v) is 5.98. The average molecular weight is 315 g/mol. The number of fused-ring (bicyclic) bond motifs is 1. The predicted molar refractivity (Wildman–Crippen MR) is 90.7 cm³/mol. The lowest BCUT2D eigenvalue weighted by Gasteiger charge is -2.27. The summed E-state index contributed by atoms with van der Waals surface area (Å²) in [5.74, 6) is 0. The molecule has 0 fully saturated rings. The van der Waals surface area contributed by atoms with Gasteiger partial charge in [-0.05, 0) is 35.9 Å². The molecule has 24 heavy (non-hydrogen) atoms. The summed E-state index contributed by atoms with van der Waals surface area (Å²) in [4.78, 5) is 6.78. The third kappa shape index (κ3) is 2.92. The van der Waals surface area contributed by atoms with Crippen molar-refractivity contribution in [3.63, 3.8) is 0 Å². The number of aromatic nitrogens is 3. The van der Waals surface area contributed by atoms with Gasteiger partial charge in [-0.15, -0.1) is 0 Å². The van der Waals surface area contributed by atoms with Gasteiger partial charge in [-0.1, -0.05) is 18.2 Å². The van der Waals surface area contributed by atoms with Crippen LogP contribution in [0.5, 0.6) is 0 Å². The molecule has 0 aliphatic carbocycles. The van der Waals surface area contributed by atoms with Crippen molar-refractivity contribution in [1.29, 1.82) is 5.26 Å². The second-order valence-electron chi connectivity index (χ2n) is 5.98. The Kier molecular flexibility index (Phi) is 3.81. The van der Waals surface area contributed by atoms with Gasteiger partial charge in [0.2, 0.25) is 0 Å². The van der Waals surface area contributed by atoms with Crippen LogP contribution in [0.4, 0.5) is 0 Å². The summed E-state index contributed by atoms with van der Waals surface area (Å²) in [5.41, 5.74) is 5.00. The van der Waals surface area contributed by atoms with E-state index < -0.39 is 0 Å². The molecular formula is C19H17N5. The lowest BCUT2D eigenvalue weighted by Crippen LogP contribution is -2.33. The monoisotopic (exact) mass is 315 g/mol. The van der Waals surface area contributed by atoms with Crippen molar-refractivity contribution in [3.05, 3.63) is 71.5 Å². The van der Waals surface area contributed by atoms with Crippen molar-refractivity contribution in [1.82, 2.24) is 19.7 Å². The van der Waals surface area contributed by atoms with Crippen molar-refractivity contribution in [2.75, 3.05) is 6.54 Å². The Labute approximate surface area is 140 Å². The predicted octanol–water partition coefficient (Wildman–Crippen LogP) is 2.83. The maximum Gasteiger partial charge on any atom is 0.111 e. The lowest BCUT2D eigenvalue weighted by molar-refractivity contribution is 0.205. The summed E-state index contributed by atoms with van der Waals surface area (Å²) in [5, 5.41) is 13.6. The highest BCUT2D eigenvalue weighted by molar-refractivity contribution is 5.54. The average Bonchev–Trinajstić information content (AvgIpc) is 3.06. The van der Waals surface area contributed by atoms with Crippen LogP contribution >= 0.6 is 0 Å². The Morgan fingerprint density at radius 3 is 2.67 bits per heavy atom. The quantitative estimate of drug-likeness (QED) is 0.746. The summed E-state index contributed by atoms with van der Waals surface area (Å²) < 4.78 is 2.08. The molecule has 0 bridgehead atoms. The van der Waals surface area contributed by atoms with E-state index in [1.807, 2.05) is 42.5 Å². The maximum absolute atomic E-state index is 8.88. The Morgan fingerprint density at radius 1 is 1.04 bits per heavy atom. The summed E-state index contributed by atoms with van der Waals surface area (Å²) in [7, 11) is 0. The van der Waals surface area contributed by atoms with Crippen LogP contribution in [0, 0.1) is 11.3 Å². The fourth-order valence-corrected chi connectivity index (χ4v) is 3.04. The zero-order valence-electron chi connectivity index (χ0n) is 13.3. The molecule has 3 aromatic rings. The van der Waals surface area contributed by atoms with Crippen LogP contribution < -0.4 is 0 Å². The zero-order valence-corrected chi connectivity index (χ0v) is 13.3. The molecule has 5 nitrogen and oxygen atoms in total. The van der Waals surface area contributed by atoms with Gasteiger partial charge < -0.3 is 0 Å². The standard InChI is InChI=1S/C19H17N5/c20-12-15-4-6-16(7-5-15)13-23-9-10-24-17(14-23)11-19(22-24)18-3-1-2-8-21-18/h1-8,11H,9-10,13-14H2. The van der Waals surface area contributed by atoms with Crippen molar-refractivity contribution >= 4 is 0 Å². The van der Waals surface area contributed by atoms with E-state index in [1.54, 1.807) is 6.20 Å². The van der Waals surface area contributed by atoms with Crippen LogP contribution in [-0.4, -0.2) is 26.2 Å². The number of nitriles is 1. The molecule has 0 atom stereocenters. The molecule has 1 aliphatic rings. The molecular weight excluding hydrogens is 298 g/mol. The first-order valence-corrected chi connectivity index (χ1v) is 8.01. The van der Waals surface area contributed by atoms with Crippen molar-refractivity contribution in [2.45, 2.75) is 19.6 Å². The van der Waals surface area contributed by atoms with Gasteiger partial charge in [-0.2, -0.15) is 10.4 Å². The van der Waals surface area contributed by atoms with Crippen molar-refractivity contribution in [3.8, 4) is 17.5 Å². The van der Waals surface area contributed by atoms with Crippen LogP contribution in [-0.2, 0) is 19.6 Å². The van der Waals surface area contributed by atoms with E-state index in [9.17, 15) is 0 Å². The molecule has 4 rings (SSSR count). The summed E-state index contributed by atoms with van der Waals surface area (Å²) in [6.07, 6.45) is 1.80. The molecule has 1 aliphatic heterocycles. The van der Waals surface area contributed by atoms with Gasteiger partial charge in [-0.3, -0.25) is 14.6 Å². The van der Waals surface area contributed by atoms with E-state index in [2.05, 4.69) is 31.8 Å². The fourth-order valence-electron chi connectivity index (χ4n) is 3.04. The minimum atomic E-state index is 0.704. The third-order valence-corrected chi connectivity index (χ3v) is 4.29. The summed E-state index contributed by atoms with van der Waals surface area (Å²) >= 11 is 0. The third-order valence-electron chi connectivity index (χ3n) is 4.29. The number of hydrogen-bond donors (Lipinski definition) is 0. The number of benzene rings is 1.